The first kappa shape index (κ1) is 15.2. The predicted molar refractivity (Wildman–Crippen MR) is 83.5 cm³/mol. The lowest BCUT2D eigenvalue weighted by atomic mass is 9.78. The molecular weight excluding hydrogens is 278 g/mol. The summed E-state index contributed by atoms with van der Waals surface area (Å²) in [5.74, 6) is -1.03. The number of hydroxylamine groups is 2. The maximum atomic E-state index is 13.1. The average molecular weight is 301 g/mol. The fourth-order valence-electron chi connectivity index (χ4n) is 4.09. The number of Topliss-reactive ketones (excluding diaryl/α,β-unsaturated/α-hetero) is 1. The molecule has 1 amide bonds. The van der Waals surface area contributed by atoms with E-state index < -0.39 is 11.5 Å². The number of hydrogen-bond acceptors (Lipinski definition) is 3. The minimum absolute atomic E-state index is 0.0526. The van der Waals surface area contributed by atoms with E-state index in [0.717, 1.165) is 35.1 Å². The Hall–Kier alpha value is -1.68. The van der Waals surface area contributed by atoms with Gasteiger partial charge in [-0.2, -0.15) is 0 Å². The largest absolute Gasteiger partial charge is 0.295 e. The first-order valence-corrected chi connectivity index (χ1v) is 7.94. The molecule has 0 radical (unpaired) electrons. The number of amides is 1. The van der Waals surface area contributed by atoms with Crippen molar-refractivity contribution >= 4 is 11.7 Å². The van der Waals surface area contributed by atoms with Crippen molar-refractivity contribution in [1.29, 1.82) is 0 Å². The molecule has 1 saturated heterocycles. The molecule has 3 rings (SSSR count). The predicted octanol–water partition coefficient (Wildman–Crippen LogP) is 2.98. The molecule has 0 bridgehead atoms. The van der Waals surface area contributed by atoms with Crippen molar-refractivity contribution in [1.82, 2.24) is 5.06 Å². The van der Waals surface area contributed by atoms with E-state index in [0.29, 0.717) is 12.8 Å². The van der Waals surface area contributed by atoms with Crippen LogP contribution in [0, 0.1) is 20.8 Å². The molecule has 4 nitrogen and oxygen atoms in total. The van der Waals surface area contributed by atoms with E-state index >= 15 is 0 Å². The second kappa shape index (κ2) is 5.20. The normalized spacial score (nSPS) is 24.4. The van der Waals surface area contributed by atoms with Gasteiger partial charge in [0.2, 0.25) is 0 Å². The summed E-state index contributed by atoms with van der Waals surface area (Å²) in [4.78, 5) is 31.5. The van der Waals surface area contributed by atoms with Crippen LogP contribution in [0.15, 0.2) is 12.1 Å². The van der Waals surface area contributed by atoms with Crippen LogP contribution in [0.1, 0.15) is 53.9 Å². The van der Waals surface area contributed by atoms with Gasteiger partial charge < -0.3 is 0 Å². The highest BCUT2D eigenvalue weighted by Crippen LogP contribution is 2.43. The van der Waals surface area contributed by atoms with Gasteiger partial charge in [-0.25, -0.2) is 5.06 Å². The molecule has 118 valence electrons. The van der Waals surface area contributed by atoms with Gasteiger partial charge >= 0.3 is 0 Å². The number of carbonyl (C=O) groups is 2. The number of hydrogen-bond donors (Lipinski definition) is 0. The number of aryl methyl sites for hydroxylation is 3. The van der Waals surface area contributed by atoms with Crippen LogP contribution in [0.3, 0.4) is 0 Å². The molecule has 22 heavy (non-hydrogen) atoms. The summed E-state index contributed by atoms with van der Waals surface area (Å²) in [6, 6.07) is 4.08. The van der Waals surface area contributed by atoms with Gasteiger partial charge in [-0.05, 0) is 63.1 Å². The second-order valence-electron chi connectivity index (χ2n) is 6.74. The van der Waals surface area contributed by atoms with Gasteiger partial charge in [0.05, 0.1) is 0 Å². The fourth-order valence-corrected chi connectivity index (χ4v) is 4.09. The Bertz CT molecular complexity index is 621. The number of carbonyl (C=O) groups excluding carboxylic acids is 2. The Balaban J connectivity index is 2.11. The lowest BCUT2D eigenvalue weighted by Gasteiger charge is -2.41. The second-order valence-corrected chi connectivity index (χ2v) is 6.74. The zero-order valence-electron chi connectivity index (χ0n) is 13.7. The third-order valence-electron chi connectivity index (χ3n) is 5.02. The molecule has 1 spiro atoms. The topological polar surface area (TPSA) is 46.6 Å². The van der Waals surface area contributed by atoms with E-state index in [-0.39, 0.29) is 11.7 Å². The standard InChI is InChI=1S/C18H23NO3/c1-11-9-12(2)14(13(3)10-11)15-16(20)18(7-5-6-8-18)22-19(4)17(15)21/h9-10,15H,5-8H2,1-4H3. The molecule has 1 atom stereocenters. The molecule has 1 aliphatic heterocycles. The Labute approximate surface area is 131 Å². The highest BCUT2D eigenvalue weighted by molar-refractivity contribution is 6.11. The van der Waals surface area contributed by atoms with Gasteiger partial charge in [-0.1, -0.05) is 17.7 Å². The van der Waals surface area contributed by atoms with Crippen molar-refractivity contribution in [2.24, 2.45) is 0 Å². The van der Waals surface area contributed by atoms with Crippen LogP contribution in [0.25, 0.3) is 0 Å². The molecule has 0 N–H and O–H groups in total. The zero-order chi connectivity index (χ0) is 16.1. The molecule has 1 saturated carbocycles. The Morgan fingerprint density at radius 1 is 1.09 bits per heavy atom. The number of ketones is 1. The third-order valence-corrected chi connectivity index (χ3v) is 5.02. The highest BCUT2D eigenvalue weighted by atomic mass is 16.7. The number of likely N-dealkylation sites (N-methyl/N-ethyl adjacent to an activating group) is 1. The molecule has 1 aromatic rings. The van der Waals surface area contributed by atoms with Crippen LogP contribution in [-0.2, 0) is 14.4 Å². The van der Waals surface area contributed by atoms with Crippen LogP contribution in [0.2, 0.25) is 0 Å². The van der Waals surface area contributed by atoms with Crippen molar-refractivity contribution < 1.29 is 14.4 Å². The van der Waals surface area contributed by atoms with Crippen molar-refractivity contribution in [3.63, 3.8) is 0 Å². The van der Waals surface area contributed by atoms with Gasteiger partial charge in [0.15, 0.2) is 11.4 Å². The quantitative estimate of drug-likeness (QED) is 0.749. The molecule has 1 unspecified atom stereocenters. The van der Waals surface area contributed by atoms with Crippen LogP contribution in [0.5, 0.6) is 0 Å². The molecule has 2 fully saturated rings. The first-order chi connectivity index (χ1) is 10.4. The van der Waals surface area contributed by atoms with E-state index in [1.807, 2.05) is 32.9 Å². The Morgan fingerprint density at radius 3 is 2.18 bits per heavy atom. The van der Waals surface area contributed by atoms with Crippen molar-refractivity contribution in [3.8, 4) is 0 Å². The molecule has 2 aliphatic rings. The van der Waals surface area contributed by atoms with E-state index in [9.17, 15) is 9.59 Å². The molecule has 0 aromatic heterocycles. The highest BCUT2D eigenvalue weighted by Gasteiger charge is 2.54. The minimum Gasteiger partial charge on any atom is -0.295 e. The summed E-state index contributed by atoms with van der Waals surface area (Å²) in [6.45, 7) is 5.99. The minimum atomic E-state index is -0.795. The molecule has 4 heteroatoms. The van der Waals surface area contributed by atoms with Gasteiger partial charge in [-0.15, -0.1) is 0 Å². The lowest BCUT2D eigenvalue weighted by Crippen LogP contribution is -2.56. The van der Waals surface area contributed by atoms with Crippen LogP contribution in [0.4, 0.5) is 0 Å². The summed E-state index contributed by atoms with van der Waals surface area (Å²) < 4.78 is 0. The van der Waals surface area contributed by atoms with E-state index in [2.05, 4.69) is 0 Å². The molecule has 1 aliphatic carbocycles. The molecular formula is C18H23NO3. The number of rotatable bonds is 1. The van der Waals surface area contributed by atoms with Gasteiger partial charge in [0.25, 0.3) is 5.91 Å². The SMILES string of the molecule is Cc1cc(C)c(C2C(=O)N(C)OC3(CCCC3)C2=O)c(C)c1. The summed E-state index contributed by atoms with van der Waals surface area (Å²) >= 11 is 0. The van der Waals surface area contributed by atoms with Gasteiger partial charge in [-0.3, -0.25) is 14.4 Å². The Kier molecular flexibility index (Phi) is 3.60. The first-order valence-electron chi connectivity index (χ1n) is 7.94. The summed E-state index contributed by atoms with van der Waals surface area (Å²) in [6.07, 6.45) is 3.38. The zero-order valence-corrected chi connectivity index (χ0v) is 13.7. The van der Waals surface area contributed by atoms with E-state index in [4.69, 9.17) is 4.84 Å². The van der Waals surface area contributed by atoms with Crippen molar-refractivity contribution in [3.05, 3.63) is 34.4 Å². The third kappa shape index (κ3) is 2.17. The molecule has 1 heterocycles. The summed E-state index contributed by atoms with van der Waals surface area (Å²) in [5, 5.41) is 1.29. The van der Waals surface area contributed by atoms with E-state index in [1.54, 1.807) is 7.05 Å². The smallest absolute Gasteiger partial charge is 0.261 e. The number of nitrogens with zero attached hydrogens (tertiary/aromatic N) is 1. The fraction of sp³-hybridized carbons (Fsp3) is 0.556. The lowest BCUT2D eigenvalue weighted by molar-refractivity contribution is -0.240. The Morgan fingerprint density at radius 2 is 1.64 bits per heavy atom. The summed E-state index contributed by atoms with van der Waals surface area (Å²) in [7, 11) is 1.63. The van der Waals surface area contributed by atoms with Crippen LogP contribution < -0.4 is 0 Å². The maximum Gasteiger partial charge on any atom is 0.261 e. The van der Waals surface area contributed by atoms with Crippen LogP contribution in [-0.4, -0.2) is 29.4 Å². The average Bonchev–Trinajstić information content (AvgIpc) is 2.89. The van der Waals surface area contributed by atoms with Crippen molar-refractivity contribution in [2.75, 3.05) is 7.05 Å². The van der Waals surface area contributed by atoms with Crippen molar-refractivity contribution in [2.45, 2.75) is 58.0 Å². The number of benzene rings is 1. The van der Waals surface area contributed by atoms with E-state index in [1.165, 1.54) is 5.06 Å². The monoisotopic (exact) mass is 301 g/mol. The van der Waals surface area contributed by atoms with Crippen LogP contribution >= 0.6 is 0 Å². The summed E-state index contributed by atoms with van der Waals surface area (Å²) in [5.41, 5.74) is 3.23. The van der Waals surface area contributed by atoms with Gasteiger partial charge in [0.1, 0.15) is 5.92 Å². The molecule has 1 aromatic carbocycles. The maximum absolute atomic E-state index is 13.1. The van der Waals surface area contributed by atoms with Gasteiger partial charge in [0, 0.05) is 7.05 Å².